The van der Waals surface area contributed by atoms with Crippen LogP contribution in [0, 0.1) is 27.4 Å². The third kappa shape index (κ3) is 3.45. The molecule has 0 radical (unpaired) electrons. The minimum absolute atomic E-state index is 0.224. The molecule has 1 unspecified atom stereocenters. The highest BCUT2D eigenvalue weighted by Gasteiger charge is 2.21. The summed E-state index contributed by atoms with van der Waals surface area (Å²) in [7, 11) is 0. The third-order valence-corrected chi connectivity index (χ3v) is 2.87. The number of hydrogen-bond donors (Lipinski definition) is 1. The Bertz CT molecular complexity index is 565. The molecule has 1 N–H and O–H groups in total. The Hall–Kier alpha value is -2.62. The topological polar surface area (TPSA) is 107 Å². The highest BCUT2D eigenvalue weighted by Crippen LogP contribution is 2.25. The molecule has 0 saturated heterocycles. The fraction of sp³-hybridized carbons (Fsp3) is 0.385. The van der Waals surface area contributed by atoms with Crippen LogP contribution in [-0.4, -0.2) is 29.1 Å². The first-order chi connectivity index (χ1) is 9.40. The van der Waals surface area contributed by atoms with Crippen molar-refractivity contribution in [3.63, 3.8) is 0 Å². The Morgan fingerprint density at radius 1 is 1.60 bits per heavy atom. The van der Waals surface area contributed by atoms with Crippen molar-refractivity contribution in [1.29, 1.82) is 5.26 Å². The van der Waals surface area contributed by atoms with Gasteiger partial charge in [0.15, 0.2) is 0 Å². The lowest BCUT2D eigenvalue weighted by Gasteiger charge is -2.24. The summed E-state index contributed by atoms with van der Waals surface area (Å²) < 4.78 is 0. The molecule has 7 heteroatoms. The van der Waals surface area contributed by atoms with E-state index in [1.54, 1.807) is 6.92 Å². The second-order valence-electron chi connectivity index (χ2n) is 4.33. The maximum Gasteiger partial charge on any atom is 0.342 e. The van der Waals surface area contributed by atoms with Gasteiger partial charge in [0.1, 0.15) is 5.56 Å². The van der Waals surface area contributed by atoms with Crippen molar-refractivity contribution >= 4 is 17.3 Å². The molecule has 1 aromatic rings. The van der Waals surface area contributed by atoms with Gasteiger partial charge >= 0.3 is 5.97 Å². The molecule has 0 fully saturated rings. The minimum atomic E-state index is -1.34. The van der Waals surface area contributed by atoms with Crippen molar-refractivity contribution in [2.75, 3.05) is 18.0 Å². The van der Waals surface area contributed by atoms with Crippen molar-refractivity contribution < 1.29 is 14.8 Å². The van der Waals surface area contributed by atoms with Gasteiger partial charge in [-0.1, -0.05) is 0 Å². The zero-order chi connectivity index (χ0) is 15.3. The summed E-state index contributed by atoms with van der Waals surface area (Å²) in [4.78, 5) is 23.0. The Balaban J connectivity index is 3.19. The van der Waals surface area contributed by atoms with Gasteiger partial charge in [0.05, 0.1) is 16.9 Å². The number of carbonyl (C=O) groups is 1. The summed E-state index contributed by atoms with van der Waals surface area (Å²) in [6.45, 7) is 4.63. The molecule has 20 heavy (non-hydrogen) atoms. The van der Waals surface area contributed by atoms with Crippen LogP contribution in [0.4, 0.5) is 11.4 Å². The van der Waals surface area contributed by atoms with E-state index in [4.69, 9.17) is 10.4 Å². The number of nitriles is 1. The number of rotatable bonds is 6. The minimum Gasteiger partial charge on any atom is -0.477 e. The van der Waals surface area contributed by atoms with Crippen LogP contribution in [0.5, 0.6) is 0 Å². The van der Waals surface area contributed by atoms with E-state index >= 15 is 0 Å². The van der Waals surface area contributed by atoms with Gasteiger partial charge in [-0.3, -0.25) is 10.1 Å². The molecule has 0 spiro atoms. The summed E-state index contributed by atoms with van der Waals surface area (Å²) in [6.07, 6.45) is 0. The van der Waals surface area contributed by atoms with Crippen LogP contribution in [0.25, 0.3) is 0 Å². The molecule has 0 aromatic heterocycles. The summed E-state index contributed by atoms with van der Waals surface area (Å²) in [5.41, 5.74) is -0.237. The van der Waals surface area contributed by atoms with Crippen molar-refractivity contribution in [2.24, 2.45) is 5.92 Å². The number of nitrogens with zero attached hydrogens (tertiary/aromatic N) is 3. The van der Waals surface area contributed by atoms with E-state index in [0.29, 0.717) is 18.8 Å². The van der Waals surface area contributed by atoms with Crippen molar-refractivity contribution in [3.8, 4) is 6.07 Å². The highest BCUT2D eigenvalue weighted by molar-refractivity contribution is 5.93. The van der Waals surface area contributed by atoms with Crippen LogP contribution in [0.15, 0.2) is 18.2 Å². The fourth-order valence-electron chi connectivity index (χ4n) is 1.84. The zero-order valence-electron chi connectivity index (χ0n) is 11.2. The van der Waals surface area contributed by atoms with Gasteiger partial charge in [0, 0.05) is 24.8 Å². The van der Waals surface area contributed by atoms with Crippen LogP contribution in [0.2, 0.25) is 0 Å². The Morgan fingerprint density at radius 3 is 2.70 bits per heavy atom. The number of aromatic carboxylic acids is 1. The van der Waals surface area contributed by atoms with Crippen LogP contribution in [-0.2, 0) is 0 Å². The molecule has 0 aliphatic heterocycles. The Morgan fingerprint density at radius 2 is 2.25 bits per heavy atom. The summed E-state index contributed by atoms with van der Waals surface area (Å²) in [5.74, 6) is -1.57. The second kappa shape index (κ2) is 6.52. The summed E-state index contributed by atoms with van der Waals surface area (Å²) in [5, 5.41) is 28.7. The largest absolute Gasteiger partial charge is 0.477 e. The molecule has 0 aliphatic carbocycles. The van der Waals surface area contributed by atoms with Crippen LogP contribution in [0.3, 0.4) is 0 Å². The molecule has 0 bridgehead atoms. The lowest BCUT2D eigenvalue weighted by molar-refractivity contribution is -0.385. The van der Waals surface area contributed by atoms with E-state index in [2.05, 4.69) is 6.07 Å². The predicted octanol–water partition coefficient (Wildman–Crippen LogP) is 2.28. The molecule has 106 valence electrons. The zero-order valence-corrected chi connectivity index (χ0v) is 11.2. The Kier molecular flexibility index (Phi) is 5.03. The quantitative estimate of drug-likeness (QED) is 0.631. The maximum absolute atomic E-state index is 11.1. The van der Waals surface area contributed by atoms with Gasteiger partial charge < -0.3 is 10.0 Å². The van der Waals surface area contributed by atoms with Gasteiger partial charge in [-0.15, -0.1) is 0 Å². The number of carboxylic acid groups (broad SMARTS) is 1. The lowest BCUT2D eigenvalue weighted by Crippen LogP contribution is -2.28. The van der Waals surface area contributed by atoms with Gasteiger partial charge in [0.2, 0.25) is 0 Å². The molecule has 1 aromatic carbocycles. The second-order valence-corrected chi connectivity index (χ2v) is 4.33. The summed E-state index contributed by atoms with van der Waals surface area (Å²) in [6, 6.07) is 6.05. The maximum atomic E-state index is 11.1. The fourth-order valence-corrected chi connectivity index (χ4v) is 1.84. The molecule has 0 saturated carbocycles. The van der Waals surface area contributed by atoms with E-state index in [9.17, 15) is 14.9 Å². The van der Waals surface area contributed by atoms with Gasteiger partial charge in [0.25, 0.3) is 5.69 Å². The number of anilines is 1. The third-order valence-electron chi connectivity index (χ3n) is 2.87. The van der Waals surface area contributed by atoms with Gasteiger partial charge in [-0.2, -0.15) is 5.26 Å². The van der Waals surface area contributed by atoms with Gasteiger partial charge in [-0.05, 0) is 26.0 Å². The average molecular weight is 277 g/mol. The van der Waals surface area contributed by atoms with E-state index in [-0.39, 0.29) is 11.5 Å². The first-order valence-corrected chi connectivity index (χ1v) is 6.07. The average Bonchev–Trinajstić information content (AvgIpc) is 2.43. The van der Waals surface area contributed by atoms with Crippen molar-refractivity contribution in [3.05, 3.63) is 33.9 Å². The smallest absolute Gasteiger partial charge is 0.342 e. The standard InChI is InChI=1S/C13H15N3O4/c1-3-15(8-9(2)7-14)10-4-5-12(16(19)20)11(6-10)13(17)18/h4-6,9H,3,8H2,1-2H3,(H,17,18). The first-order valence-electron chi connectivity index (χ1n) is 6.07. The lowest BCUT2D eigenvalue weighted by atomic mass is 10.1. The molecule has 0 heterocycles. The number of benzene rings is 1. The molecule has 0 aliphatic rings. The first kappa shape index (κ1) is 15.4. The van der Waals surface area contributed by atoms with E-state index < -0.39 is 16.6 Å². The number of nitro groups is 1. The number of nitro benzene ring substituents is 1. The molecule has 1 rings (SSSR count). The molecular weight excluding hydrogens is 262 g/mol. The number of carboxylic acids is 1. The van der Waals surface area contributed by atoms with E-state index in [1.165, 1.54) is 18.2 Å². The van der Waals surface area contributed by atoms with E-state index in [1.807, 2.05) is 11.8 Å². The molecular formula is C13H15N3O4. The van der Waals surface area contributed by atoms with Crippen LogP contribution in [0.1, 0.15) is 24.2 Å². The van der Waals surface area contributed by atoms with E-state index in [0.717, 1.165) is 0 Å². The normalized spacial score (nSPS) is 11.4. The molecule has 7 nitrogen and oxygen atoms in total. The number of hydrogen-bond acceptors (Lipinski definition) is 5. The van der Waals surface area contributed by atoms with Gasteiger partial charge in [-0.25, -0.2) is 4.79 Å². The predicted molar refractivity (Wildman–Crippen MR) is 72.7 cm³/mol. The van der Waals surface area contributed by atoms with Crippen LogP contribution >= 0.6 is 0 Å². The molecule has 0 amide bonds. The summed E-state index contributed by atoms with van der Waals surface area (Å²) >= 11 is 0. The van der Waals surface area contributed by atoms with Crippen LogP contribution < -0.4 is 4.90 Å². The van der Waals surface area contributed by atoms with Crippen molar-refractivity contribution in [2.45, 2.75) is 13.8 Å². The highest BCUT2D eigenvalue weighted by atomic mass is 16.6. The van der Waals surface area contributed by atoms with Crippen molar-refractivity contribution in [1.82, 2.24) is 0 Å². The molecule has 1 atom stereocenters. The monoisotopic (exact) mass is 277 g/mol. The SMILES string of the molecule is CCN(CC(C)C#N)c1ccc([N+](=O)[O-])c(C(=O)O)c1. The Labute approximate surface area is 116 Å².